The molecule has 6 heteroatoms. The Morgan fingerprint density at radius 3 is 2.65 bits per heavy atom. The zero-order chi connectivity index (χ0) is 15.1. The van der Waals surface area contributed by atoms with Gasteiger partial charge in [0.15, 0.2) is 5.60 Å². The summed E-state index contributed by atoms with van der Waals surface area (Å²) in [6.45, 7) is 4.47. The van der Waals surface area contributed by atoms with Gasteiger partial charge in [0.25, 0.3) is 5.91 Å². The summed E-state index contributed by atoms with van der Waals surface area (Å²) in [6.07, 6.45) is 0. The average molecular weight is 279 g/mol. The second-order valence-electron chi connectivity index (χ2n) is 5.26. The van der Waals surface area contributed by atoms with E-state index < -0.39 is 23.5 Å². The van der Waals surface area contributed by atoms with Crippen LogP contribution in [0.4, 0.5) is 5.69 Å². The molecule has 0 fully saturated rings. The van der Waals surface area contributed by atoms with Gasteiger partial charge < -0.3 is 14.9 Å². The van der Waals surface area contributed by atoms with Gasteiger partial charge in [0.05, 0.1) is 12.3 Å². The van der Waals surface area contributed by atoms with Crippen LogP contribution in [0.3, 0.4) is 0 Å². The van der Waals surface area contributed by atoms with E-state index >= 15 is 0 Å². The molecule has 0 saturated heterocycles. The van der Waals surface area contributed by atoms with Crippen molar-refractivity contribution < 1.29 is 24.5 Å². The van der Waals surface area contributed by atoms with E-state index in [-0.39, 0.29) is 6.61 Å². The molecule has 0 aliphatic carbocycles. The normalized spacial score (nSPS) is 18.2. The Morgan fingerprint density at radius 2 is 2.10 bits per heavy atom. The van der Waals surface area contributed by atoms with E-state index in [1.165, 1.54) is 11.8 Å². The molecule has 0 radical (unpaired) electrons. The number of benzene rings is 1. The lowest BCUT2D eigenvalue weighted by Gasteiger charge is -2.40. The van der Waals surface area contributed by atoms with Crippen molar-refractivity contribution in [1.29, 1.82) is 0 Å². The number of aliphatic carboxylic acids is 1. The Kier molecular flexibility index (Phi) is 3.43. The first-order chi connectivity index (χ1) is 9.27. The number of hydrogen-bond acceptors (Lipinski definition) is 4. The van der Waals surface area contributed by atoms with Gasteiger partial charge in [-0.25, -0.2) is 4.79 Å². The van der Waals surface area contributed by atoms with Crippen molar-refractivity contribution in [1.82, 2.24) is 0 Å². The zero-order valence-corrected chi connectivity index (χ0v) is 11.6. The van der Waals surface area contributed by atoms with Crippen molar-refractivity contribution in [3.63, 3.8) is 0 Å². The Labute approximate surface area is 116 Å². The molecule has 1 unspecified atom stereocenters. The van der Waals surface area contributed by atoms with E-state index in [1.54, 1.807) is 32.0 Å². The van der Waals surface area contributed by atoms with Crippen molar-refractivity contribution in [2.24, 2.45) is 0 Å². The molecule has 1 aliphatic rings. The number of carboxylic acids is 1. The summed E-state index contributed by atoms with van der Waals surface area (Å²) in [5, 5.41) is 18.3. The zero-order valence-electron chi connectivity index (χ0n) is 11.6. The van der Waals surface area contributed by atoms with Gasteiger partial charge in [-0.2, -0.15) is 0 Å². The Balaban J connectivity index is 2.57. The number of carbonyl (C=O) groups excluding carboxylic acids is 1. The molecular weight excluding hydrogens is 262 g/mol. The number of fused-ring (bicyclic) bond motifs is 1. The van der Waals surface area contributed by atoms with Gasteiger partial charge in [-0.3, -0.25) is 9.69 Å². The molecule has 20 heavy (non-hydrogen) atoms. The van der Waals surface area contributed by atoms with Gasteiger partial charge in [0.1, 0.15) is 11.8 Å². The van der Waals surface area contributed by atoms with Crippen LogP contribution >= 0.6 is 0 Å². The number of carboxylic acid groups (broad SMARTS) is 1. The molecule has 1 amide bonds. The van der Waals surface area contributed by atoms with Crippen LogP contribution in [0, 0.1) is 0 Å². The number of carbonyl (C=O) groups is 2. The molecule has 0 spiro atoms. The van der Waals surface area contributed by atoms with Crippen molar-refractivity contribution in [3.05, 3.63) is 23.8 Å². The van der Waals surface area contributed by atoms with Gasteiger partial charge in [-0.15, -0.1) is 0 Å². The molecular formula is C14H17NO5. The Bertz CT molecular complexity index is 567. The smallest absolute Gasteiger partial charge is 0.326 e. The fourth-order valence-corrected chi connectivity index (χ4v) is 2.15. The van der Waals surface area contributed by atoms with Gasteiger partial charge in [-0.1, -0.05) is 6.07 Å². The second-order valence-corrected chi connectivity index (χ2v) is 5.26. The molecule has 0 saturated carbocycles. The van der Waals surface area contributed by atoms with Gasteiger partial charge >= 0.3 is 5.97 Å². The molecule has 6 nitrogen and oxygen atoms in total. The lowest BCUT2D eigenvalue weighted by Crippen LogP contribution is -2.57. The fraction of sp³-hybridized carbons (Fsp3) is 0.429. The minimum absolute atomic E-state index is 0.153. The number of aliphatic hydroxyl groups is 1. The second kappa shape index (κ2) is 4.79. The average Bonchev–Trinajstić information content (AvgIpc) is 2.38. The first kappa shape index (κ1) is 14.3. The molecule has 1 aromatic rings. The minimum Gasteiger partial charge on any atom is -0.480 e. The van der Waals surface area contributed by atoms with Crippen molar-refractivity contribution in [2.45, 2.75) is 39.0 Å². The van der Waals surface area contributed by atoms with E-state index in [4.69, 9.17) is 9.84 Å². The molecule has 0 bridgehead atoms. The lowest BCUT2D eigenvalue weighted by atomic mass is 10.0. The lowest BCUT2D eigenvalue weighted by molar-refractivity contribution is -0.142. The molecule has 2 N–H and O–H groups in total. The molecule has 1 aliphatic heterocycles. The third kappa shape index (κ3) is 2.22. The van der Waals surface area contributed by atoms with E-state index in [0.717, 1.165) is 0 Å². The van der Waals surface area contributed by atoms with Crippen LogP contribution in [0.15, 0.2) is 18.2 Å². The number of hydrogen-bond donors (Lipinski definition) is 2. The summed E-state index contributed by atoms with van der Waals surface area (Å²) < 4.78 is 5.64. The monoisotopic (exact) mass is 279 g/mol. The third-order valence-corrected chi connectivity index (χ3v) is 3.31. The standard InChI is InChI=1S/C14H17NO5/c1-8(12(17)18)15-10-5-4-9(7-16)6-11(10)20-14(2,3)13(15)19/h4-6,8,16H,7H2,1-3H3,(H,17,18). The minimum atomic E-state index is -1.15. The van der Waals surface area contributed by atoms with Crippen LogP contribution in [-0.2, 0) is 16.2 Å². The number of rotatable bonds is 3. The Morgan fingerprint density at radius 1 is 1.45 bits per heavy atom. The van der Waals surface area contributed by atoms with Crippen LogP contribution < -0.4 is 9.64 Å². The first-order valence-corrected chi connectivity index (χ1v) is 6.27. The maximum Gasteiger partial charge on any atom is 0.326 e. The van der Waals surface area contributed by atoms with Gasteiger partial charge in [0.2, 0.25) is 0 Å². The quantitative estimate of drug-likeness (QED) is 0.867. The van der Waals surface area contributed by atoms with Crippen molar-refractivity contribution >= 4 is 17.6 Å². The number of aliphatic hydroxyl groups excluding tert-OH is 1. The van der Waals surface area contributed by atoms with Crippen LogP contribution in [-0.4, -0.2) is 33.7 Å². The largest absolute Gasteiger partial charge is 0.480 e. The van der Waals surface area contributed by atoms with Crippen LogP contribution in [0.2, 0.25) is 0 Å². The van der Waals surface area contributed by atoms with Crippen LogP contribution in [0.1, 0.15) is 26.3 Å². The topological polar surface area (TPSA) is 87.1 Å². The number of amides is 1. The molecule has 1 heterocycles. The molecule has 108 valence electrons. The highest BCUT2D eigenvalue weighted by Gasteiger charge is 2.44. The summed E-state index contributed by atoms with van der Waals surface area (Å²) in [6, 6.07) is 3.85. The van der Waals surface area contributed by atoms with E-state index in [0.29, 0.717) is 17.0 Å². The van der Waals surface area contributed by atoms with Crippen molar-refractivity contribution in [3.8, 4) is 5.75 Å². The van der Waals surface area contributed by atoms with E-state index in [2.05, 4.69) is 0 Å². The highest BCUT2D eigenvalue weighted by atomic mass is 16.5. The number of ether oxygens (including phenoxy) is 1. The molecule has 2 rings (SSSR count). The fourth-order valence-electron chi connectivity index (χ4n) is 2.15. The third-order valence-electron chi connectivity index (χ3n) is 3.31. The predicted octanol–water partition coefficient (Wildman–Crippen LogP) is 1.16. The van der Waals surface area contributed by atoms with E-state index in [1.807, 2.05) is 0 Å². The summed E-state index contributed by atoms with van der Waals surface area (Å²) in [5.74, 6) is -1.10. The number of nitrogens with zero attached hydrogens (tertiary/aromatic N) is 1. The highest BCUT2D eigenvalue weighted by Crippen LogP contribution is 2.39. The maximum absolute atomic E-state index is 12.4. The predicted molar refractivity (Wildman–Crippen MR) is 71.7 cm³/mol. The number of anilines is 1. The van der Waals surface area contributed by atoms with Crippen LogP contribution in [0.5, 0.6) is 5.75 Å². The molecule has 1 atom stereocenters. The Hall–Kier alpha value is -2.08. The van der Waals surface area contributed by atoms with Gasteiger partial charge in [0, 0.05) is 0 Å². The van der Waals surface area contributed by atoms with E-state index in [9.17, 15) is 14.7 Å². The maximum atomic E-state index is 12.4. The summed E-state index contributed by atoms with van der Waals surface area (Å²) >= 11 is 0. The molecule has 0 aromatic heterocycles. The van der Waals surface area contributed by atoms with Crippen LogP contribution in [0.25, 0.3) is 0 Å². The summed E-state index contributed by atoms with van der Waals surface area (Å²) in [5.41, 5.74) is -0.108. The molecule has 1 aromatic carbocycles. The summed E-state index contributed by atoms with van der Waals surface area (Å²) in [4.78, 5) is 24.8. The van der Waals surface area contributed by atoms with Gasteiger partial charge in [-0.05, 0) is 38.5 Å². The SMILES string of the molecule is CC(C(=O)O)N1C(=O)C(C)(C)Oc2cc(CO)ccc21. The van der Waals surface area contributed by atoms with Crippen molar-refractivity contribution in [2.75, 3.05) is 4.90 Å². The first-order valence-electron chi connectivity index (χ1n) is 6.27. The summed E-state index contributed by atoms with van der Waals surface area (Å²) in [7, 11) is 0. The highest BCUT2D eigenvalue weighted by molar-refractivity contribution is 6.06.